The van der Waals surface area contributed by atoms with Gasteiger partial charge in [0.05, 0.1) is 0 Å². The SMILES string of the molecule is Cc1ccc(N2CC[C@@H](NC(=O)c3ccccc3)C2=O)cc1C. The third kappa shape index (κ3) is 3.11. The van der Waals surface area contributed by atoms with E-state index in [1.165, 1.54) is 5.56 Å². The van der Waals surface area contributed by atoms with E-state index in [0.29, 0.717) is 18.5 Å². The van der Waals surface area contributed by atoms with Gasteiger partial charge in [0, 0.05) is 17.8 Å². The van der Waals surface area contributed by atoms with Crippen molar-refractivity contribution in [2.24, 2.45) is 0 Å². The van der Waals surface area contributed by atoms with E-state index in [9.17, 15) is 9.59 Å². The van der Waals surface area contributed by atoms with Gasteiger partial charge in [-0.05, 0) is 55.7 Å². The normalized spacial score (nSPS) is 17.4. The molecule has 1 saturated heterocycles. The van der Waals surface area contributed by atoms with E-state index in [0.717, 1.165) is 11.3 Å². The molecule has 0 unspecified atom stereocenters. The predicted molar refractivity (Wildman–Crippen MR) is 90.6 cm³/mol. The lowest BCUT2D eigenvalue weighted by atomic mass is 10.1. The topological polar surface area (TPSA) is 49.4 Å². The number of carbonyl (C=O) groups excluding carboxylic acids is 2. The van der Waals surface area contributed by atoms with Crippen LogP contribution < -0.4 is 10.2 Å². The summed E-state index contributed by atoms with van der Waals surface area (Å²) in [5, 5.41) is 2.84. The molecule has 2 amide bonds. The Morgan fingerprint density at radius 2 is 1.83 bits per heavy atom. The van der Waals surface area contributed by atoms with Crippen LogP contribution >= 0.6 is 0 Å². The molecule has 1 heterocycles. The van der Waals surface area contributed by atoms with Crippen molar-refractivity contribution in [1.29, 1.82) is 0 Å². The summed E-state index contributed by atoms with van der Waals surface area (Å²) >= 11 is 0. The number of hydrogen-bond donors (Lipinski definition) is 1. The van der Waals surface area contributed by atoms with Crippen molar-refractivity contribution in [3.05, 3.63) is 65.2 Å². The average Bonchev–Trinajstić information content (AvgIpc) is 2.92. The molecule has 0 saturated carbocycles. The highest BCUT2D eigenvalue weighted by atomic mass is 16.2. The number of amides is 2. The van der Waals surface area contributed by atoms with Gasteiger partial charge in [-0.3, -0.25) is 9.59 Å². The van der Waals surface area contributed by atoms with Crippen molar-refractivity contribution in [2.45, 2.75) is 26.3 Å². The lowest BCUT2D eigenvalue weighted by Gasteiger charge is -2.18. The molecule has 4 heteroatoms. The molecule has 1 aliphatic rings. The van der Waals surface area contributed by atoms with Gasteiger partial charge in [0.1, 0.15) is 6.04 Å². The van der Waals surface area contributed by atoms with E-state index in [-0.39, 0.29) is 11.8 Å². The smallest absolute Gasteiger partial charge is 0.251 e. The second kappa shape index (κ2) is 6.24. The molecule has 118 valence electrons. The molecule has 23 heavy (non-hydrogen) atoms. The first-order valence-corrected chi connectivity index (χ1v) is 7.81. The average molecular weight is 308 g/mol. The first kappa shape index (κ1) is 15.3. The molecule has 2 aromatic carbocycles. The molecule has 0 aromatic heterocycles. The molecular weight excluding hydrogens is 288 g/mol. The van der Waals surface area contributed by atoms with Gasteiger partial charge >= 0.3 is 0 Å². The van der Waals surface area contributed by atoms with E-state index in [1.807, 2.05) is 50.2 Å². The molecule has 1 atom stereocenters. The summed E-state index contributed by atoms with van der Waals surface area (Å²) in [4.78, 5) is 26.5. The second-order valence-corrected chi connectivity index (χ2v) is 5.94. The fourth-order valence-electron chi connectivity index (χ4n) is 2.79. The Balaban J connectivity index is 1.71. The molecule has 1 N–H and O–H groups in total. The van der Waals surface area contributed by atoms with Crippen LogP contribution in [0.5, 0.6) is 0 Å². The first-order chi connectivity index (χ1) is 11.1. The summed E-state index contributed by atoms with van der Waals surface area (Å²) in [7, 11) is 0. The van der Waals surface area contributed by atoms with Crippen molar-refractivity contribution in [2.75, 3.05) is 11.4 Å². The molecule has 4 nitrogen and oxygen atoms in total. The highest BCUT2D eigenvalue weighted by Crippen LogP contribution is 2.24. The Kier molecular flexibility index (Phi) is 4.15. The van der Waals surface area contributed by atoms with Gasteiger partial charge in [-0.2, -0.15) is 0 Å². The molecule has 0 radical (unpaired) electrons. The lowest BCUT2D eigenvalue weighted by molar-refractivity contribution is -0.118. The molecule has 3 rings (SSSR count). The van der Waals surface area contributed by atoms with Gasteiger partial charge in [0.2, 0.25) is 5.91 Å². The van der Waals surface area contributed by atoms with E-state index in [1.54, 1.807) is 17.0 Å². The highest BCUT2D eigenvalue weighted by molar-refractivity contribution is 6.03. The van der Waals surface area contributed by atoms with E-state index < -0.39 is 6.04 Å². The van der Waals surface area contributed by atoms with Crippen LogP contribution in [0.1, 0.15) is 27.9 Å². The first-order valence-electron chi connectivity index (χ1n) is 7.81. The molecule has 1 aliphatic heterocycles. The van der Waals surface area contributed by atoms with Gasteiger partial charge < -0.3 is 10.2 Å². The summed E-state index contributed by atoms with van der Waals surface area (Å²) < 4.78 is 0. The zero-order valence-corrected chi connectivity index (χ0v) is 13.4. The number of nitrogens with zero attached hydrogens (tertiary/aromatic N) is 1. The van der Waals surface area contributed by atoms with Crippen LogP contribution in [-0.2, 0) is 4.79 Å². The summed E-state index contributed by atoms with van der Waals surface area (Å²) in [5.41, 5.74) is 3.83. The zero-order valence-electron chi connectivity index (χ0n) is 13.4. The van der Waals surface area contributed by atoms with Crippen LogP contribution in [-0.4, -0.2) is 24.4 Å². The van der Waals surface area contributed by atoms with Crippen molar-refractivity contribution in [3.63, 3.8) is 0 Å². The highest BCUT2D eigenvalue weighted by Gasteiger charge is 2.33. The fourth-order valence-corrected chi connectivity index (χ4v) is 2.79. The number of hydrogen-bond acceptors (Lipinski definition) is 2. The lowest BCUT2D eigenvalue weighted by Crippen LogP contribution is -2.41. The Hall–Kier alpha value is -2.62. The number of rotatable bonds is 3. The second-order valence-electron chi connectivity index (χ2n) is 5.94. The van der Waals surface area contributed by atoms with Gasteiger partial charge in [-0.1, -0.05) is 24.3 Å². The van der Waals surface area contributed by atoms with Crippen LogP contribution in [0.2, 0.25) is 0 Å². The van der Waals surface area contributed by atoms with Crippen LogP contribution in [0, 0.1) is 13.8 Å². The molecule has 0 aliphatic carbocycles. The molecule has 0 bridgehead atoms. The van der Waals surface area contributed by atoms with Crippen LogP contribution in [0.3, 0.4) is 0 Å². The van der Waals surface area contributed by atoms with Crippen LogP contribution in [0.15, 0.2) is 48.5 Å². The number of benzene rings is 2. The molecular formula is C19H20N2O2. The number of carbonyl (C=O) groups is 2. The predicted octanol–water partition coefficient (Wildman–Crippen LogP) is 2.84. The van der Waals surface area contributed by atoms with Crippen molar-refractivity contribution >= 4 is 17.5 Å². The van der Waals surface area contributed by atoms with Crippen LogP contribution in [0.25, 0.3) is 0 Å². The number of anilines is 1. The summed E-state index contributed by atoms with van der Waals surface area (Å²) in [6, 6.07) is 14.5. The van der Waals surface area contributed by atoms with Crippen LogP contribution in [0.4, 0.5) is 5.69 Å². The van der Waals surface area contributed by atoms with Crippen molar-refractivity contribution in [3.8, 4) is 0 Å². The number of nitrogens with one attached hydrogen (secondary N) is 1. The van der Waals surface area contributed by atoms with Crippen molar-refractivity contribution in [1.82, 2.24) is 5.32 Å². The summed E-state index contributed by atoms with van der Waals surface area (Å²) in [5.74, 6) is -0.247. The van der Waals surface area contributed by atoms with Crippen molar-refractivity contribution < 1.29 is 9.59 Å². The maximum Gasteiger partial charge on any atom is 0.251 e. The summed E-state index contributed by atoms with van der Waals surface area (Å²) in [6.07, 6.45) is 0.629. The minimum Gasteiger partial charge on any atom is -0.340 e. The standard InChI is InChI=1S/C19H20N2O2/c1-13-8-9-16(12-14(13)2)21-11-10-17(19(21)23)20-18(22)15-6-4-3-5-7-15/h3-9,12,17H,10-11H2,1-2H3,(H,20,22)/t17-/m1/s1. The quantitative estimate of drug-likeness (QED) is 0.948. The summed E-state index contributed by atoms with van der Waals surface area (Å²) in [6.45, 7) is 4.71. The van der Waals surface area contributed by atoms with Gasteiger partial charge in [0.25, 0.3) is 5.91 Å². The minimum absolute atomic E-state index is 0.0439. The zero-order chi connectivity index (χ0) is 16.4. The van der Waals surface area contributed by atoms with Gasteiger partial charge in [-0.25, -0.2) is 0 Å². The Bertz CT molecular complexity index is 740. The fraction of sp³-hybridized carbons (Fsp3) is 0.263. The maximum absolute atomic E-state index is 12.6. The minimum atomic E-state index is -0.454. The third-order valence-electron chi connectivity index (χ3n) is 4.35. The Morgan fingerprint density at radius 3 is 2.52 bits per heavy atom. The Labute approximate surface area is 136 Å². The number of aryl methyl sites for hydroxylation is 2. The van der Waals surface area contributed by atoms with E-state index >= 15 is 0 Å². The van der Waals surface area contributed by atoms with Gasteiger partial charge in [-0.15, -0.1) is 0 Å². The maximum atomic E-state index is 12.6. The van der Waals surface area contributed by atoms with Gasteiger partial charge in [0.15, 0.2) is 0 Å². The van der Waals surface area contributed by atoms with E-state index in [2.05, 4.69) is 5.32 Å². The molecule has 2 aromatic rings. The van der Waals surface area contributed by atoms with E-state index in [4.69, 9.17) is 0 Å². The third-order valence-corrected chi connectivity index (χ3v) is 4.35. The molecule has 0 spiro atoms. The monoisotopic (exact) mass is 308 g/mol. The molecule has 1 fully saturated rings. The Morgan fingerprint density at radius 1 is 1.09 bits per heavy atom. The largest absolute Gasteiger partial charge is 0.340 e.